The van der Waals surface area contributed by atoms with E-state index in [0.717, 1.165) is 25.3 Å². The average molecular weight is 208 g/mol. The quantitative estimate of drug-likeness (QED) is 0.740. The van der Waals surface area contributed by atoms with Crippen molar-refractivity contribution in [2.75, 3.05) is 19.7 Å². The van der Waals surface area contributed by atoms with Crippen LogP contribution in [0.25, 0.3) is 0 Å². The van der Waals surface area contributed by atoms with Gasteiger partial charge in [0.05, 0.1) is 12.3 Å². The lowest BCUT2D eigenvalue weighted by atomic mass is 10.3. The fourth-order valence-corrected chi connectivity index (χ4v) is 1.51. The molecule has 0 unspecified atom stereocenters. The summed E-state index contributed by atoms with van der Waals surface area (Å²) in [6.07, 6.45) is 4.17. The maximum Gasteiger partial charge on any atom is 0.0558 e. The zero-order chi connectivity index (χ0) is 10.9. The highest BCUT2D eigenvalue weighted by Crippen LogP contribution is 2.02. The molecule has 1 aromatic heterocycles. The minimum absolute atomic E-state index is 0.219. The third kappa shape index (κ3) is 4.91. The molecular weight excluding hydrogens is 188 g/mol. The van der Waals surface area contributed by atoms with Gasteiger partial charge in [-0.25, -0.2) is 0 Å². The zero-order valence-corrected chi connectivity index (χ0v) is 9.39. The molecule has 0 aliphatic rings. The molecule has 0 amide bonds. The van der Waals surface area contributed by atoms with Crippen molar-refractivity contribution in [1.29, 1.82) is 0 Å². The highest BCUT2D eigenvalue weighted by molar-refractivity contribution is 5.03. The van der Waals surface area contributed by atoms with Crippen LogP contribution in [0.2, 0.25) is 0 Å². The normalized spacial score (nSPS) is 10.9. The minimum atomic E-state index is 0.219. The van der Waals surface area contributed by atoms with Gasteiger partial charge in [0, 0.05) is 19.3 Å². The van der Waals surface area contributed by atoms with Gasteiger partial charge < -0.3 is 5.11 Å². The van der Waals surface area contributed by atoms with E-state index in [9.17, 15) is 0 Å². The molecule has 15 heavy (non-hydrogen) atoms. The first-order valence-corrected chi connectivity index (χ1v) is 5.60. The molecule has 1 aromatic rings. The van der Waals surface area contributed by atoms with Gasteiger partial charge >= 0.3 is 0 Å². The van der Waals surface area contributed by atoms with Crippen LogP contribution in [0.1, 0.15) is 25.5 Å². The molecule has 0 saturated heterocycles. The van der Waals surface area contributed by atoms with Crippen molar-refractivity contribution in [3.8, 4) is 0 Å². The summed E-state index contributed by atoms with van der Waals surface area (Å²) in [7, 11) is 0. The highest BCUT2D eigenvalue weighted by atomic mass is 16.3. The van der Waals surface area contributed by atoms with E-state index in [4.69, 9.17) is 5.11 Å². The number of rotatable bonds is 7. The lowest BCUT2D eigenvalue weighted by molar-refractivity contribution is 0.187. The lowest BCUT2D eigenvalue weighted by Crippen LogP contribution is -2.27. The van der Waals surface area contributed by atoms with Crippen LogP contribution in [0, 0.1) is 0 Å². The molecule has 0 radical (unpaired) electrons. The Morgan fingerprint density at radius 1 is 1.33 bits per heavy atom. The first-order chi connectivity index (χ1) is 7.36. The van der Waals surface area contributed by atoms with Gasteiger partial charge in [0.1, 0.15) is 0 Å². The van der Waals surface area contributed by atoms with Gasteiger partial charge in [-0.2, -0.15) is 0 Å². The Hall–Kier alpha value is -0.930. The van der Waals surface area contributed by atoms with Crippen molar-refractivity contribution in [1.82, 2.24) is 9.88 Å². The first-order valence-electron chi connectivity index (χ1n) is 5.60. The number of aliphatic hydroxyl groups excluding tert-OH is 1. The standard InChI is InChI=1S/C12H20N2O/c1-2-3-8-14(9-10-15)11-12-6-4-5-7-13-12/h4-7,15H,2-3,8-11H2,1H3. The molecule has 0 saturated carbocycles. The molecule has 0 aliphatic heterocycles. The lowest BCUT2D eigenvalue weighted by Gasteiger charge is -2.20. The van der Waals surface area contributed by atoms with E-state index in [-0.39, 0.29) is 6.61 Å². The molecule has 0 spiro atoms. The smallest absolute Gasteiger partial charge is 0.0558 e. The third-order valence-corrected chi connectivity index (χ3v) is 2.36. The second-order valence-corrected chi connectivity index (χ2v) is 3.67. The summed E-state index contributed by atoms with van der Waals surface area (Å²) in [5.74, 6) is 0. The van der Waals surface area contributed by atoms with E-state index < -0.39 is 0 Å². The first kappa shape index (κ1) is 12.1. The predicted molar refractivity (Wildman–Crippen MR) is 61.5 cm³/mol. The van der Waals surface area contributed by atoms with Crippen LogP contribution < -0.4 is 0 Å². The molecule has 3 heteroatoms. The molecule has 0 aliphatic carbocycles. The summed E-state index contributed by atoms with van der Waals surface area (Å²) in [5, 5.41) is 8.95. The molecule has 1 heterocycles. The monoisotopic (exact) mass is 208 g/mol. The van der Waals surface area contributed by atoms with Crippen LogP contribution in [0.15, 0.2) is 24.4 Å². The summed E-state index contributed by atoms with van der Waals surface area (Å²) in [4.78, 5) is 6.53. The topological polar surface area (TPSA) is 36.4 Å². The zero-order valence-electron chi connectivity index (χ0n) is 9.39. The van der Waals surface area contributed by atoms with Crippen LogP contribution >= 0.6 is 0 Å². The van der Waals surface area contributed by atoms with Crippen LogP contribution in [0.5, 0.6) is 0 Å². The van der Waals surface area contributed by atoms with Crippen molar-refractivity contribution in [3.63, 3.8) is 0 Å². The number of aliphatic hydroxyl groups is 1. The molecule has 0 aromatic carbocycles. The van der Waals surface area contributed by atoms with Crippen LogP contribution in [-0.4, -0.2) is 34.7 Å². The van der Waals surface area contributed by atoms with E-state index in [1.165, 1.54) is 12.8 Å². The Labute approximate surface area is 91.8 Å². The van der Waals surface area contributed by atoms with E-state index in [1.54, 1.807) is 0 Å². The minimum Gasteiger partial charge on any atom is -0.395 e. The fourth-order valence-electron chi connectivity index (χ4n) is 1.51. The van der Waals surface area contributed by atoms with E-state index >= 15 is 0 Å². The largest absolute Gasteiger partial charge is 0.395 e. The second kappa shape index (κ2) is 7.37. The molecule has 1 N–H and O–H groups in total. The molecule has 0 fully saturated rings. The van der Waals surface area contributed by atoms with Crippen LogP contribution in [0.4, 0.5) is 0 Å². The van der Waals surface area contributed by atoms with E-state index in [0.29, 0.717) is 0 Å². The van der Waals surface area contributed by atoms with Gasteiger partial charge in [-0.3, -0.25) is 9.88 Å². The number of unbranched alkanes of at least 4 members (excludes halogenated alkanes) is 1. The second-order valence-electron chi connectivity index (χ2n) is 3.67. The van der Waals surface area contributed by atoms with Gasteiger partial charge in [0.2, 0.25) is 0 Å². The number of pyridine rings is 1. The van der Waals surface area contributed by atoms with Crippen molar-refractivity contribution < 1.29 is 5.11 Å². The molecule has 1 rings (SSSR count). The summed E-state index contributed by atoms with van der Waals surface area (Å²) < 4.78 is 0. The van der Waals surface area contributed by atoms with Gasteiger partial charge in [-0.1, -0.05) is 19.4 Å². The predicted octanol–water partition coefficient (Wildman–Crippen LogP) is 1.68. The van der Waals surface area contributed by atoms with Gasteiger partial charge in [0.15, 0.2) is 0 Å². The molecular formula is C12H20N2O. The SMILES string of the molecule is CCCCN(CCO)Cc1ccccn1. The number of hydrogen-bond donors (Lipinski definition) is 1. The highest BCUT2D eigenvalue weighted by Gasteiger charge is 2.04. The molecule has 0 bridgehead atoms. The van der Waals surface area contributed by atoms with E-state index in [1.807, 2.05) is 24.4 Å². The summed E-state index contributed by atoms with van der Waals surface area (Å²) in [6.45, 7) is 5.00. The number of hydrogen-bond acceptors (Lipinski definition) is 3. The maximum atomic E-state index is 8.95. The molecule has 84 valence electrons. The van der Waals surface area contributed by atoms with Gasteiger partial charge in [0.25, 0.3) is 0 Å². The van der Waals surface area contributed by atoms with E-state index in [2.05, 4.69) is 16.8 Å². The van der Waals surface area contributed by atoms with Gasteiger partial charge in [-0.15, -0.1) is 0 Å². The van der Waals surface area contributed by atoms with Crippen molar-refractivity contribution >= 4 is 0 Å². The van der Waals surface area contributed by atoms with Crippen molar-refractivity contribution in [3.05, 3.63) is 30.1 Å². The van der Waals surface area contributed by atoms with Crippen molar-refractivity contribution in [2.45, 2.75) is 26.3 Å². The summed E-state index contributed by atoms with van der Waals surface area (Å²) in [6, 6.07) is 5.95. The fraction of sp³-hybridized carbons (Fsp3) is 0.583. The Morgan fingerprint density at radius 3 is 2.80 bits per heavy atom. The molecule has 0 atom stereocenters. The summed E-state index contributed by atoms with van der Waals surface area (Å²) in [5.41, 5.74) is 1.07. The summed E-state index contributed by atoms with van der Waals surface area (Å²) >= 11 is 0. The molecule has 3 nitrogen and oxygen atoms in total. The Kier molecular flexibility index (Phi) is 5.97. The average Bonchev–Trinajstić information content (AvgIpc) is 2.28. The van der Waals surface area contributed by atoms with Crippen LogP contribution in [-0.2, 0) is 6.54 Å². The number of aromatic nitrogens is 1. The number of nitrogens with zero attached hydrogens (tertiary/aromatic N) is 2. The van der Waals surface area contributed by atoms with Gasteiger partial charge in [-0.05, 0) is 25.1 Å². The Bertz CT molecular complexity index is 251. The van der Waals surface area contributed by atoms with Crippen LogP contribution in [0.3, 0.4) is 0 Å². The Morgan fingerprint density at radius 2 is 2.20 bits per heavy atom. The maximum absolute atomic E-state index is 8.95. The third-order valence-electron chi connectivity index (χ3n) is 2.36. The van der Waals surface area contributed by atoms with Crippen molar-refractivity contribution in [2.24, 2.45) is 0 Å². The Balaban J connectivity index is 2.43.